The molecule has 1 fully saturated rings. The standard InChI is InChI=1S/C24H31FN2O3S/c25-23-14-12-21(13-15-23)9-4-16-26-24(28)22-11-5-17-27(19-22)31(29,30)18-6-10-20-7-2-1-3-8-20/h1-3,7-8,12-15,22H,4-6,9-11,16-19H2,(H,26,28)/t22-/m0/s1. The van der Waals surface area contributed by atoms with E-state index in [4.69, 9.17) is 0 Å². The molecule has 2 aromatic rings. The molecule has 1 heterocycles. The molecule has 5 nitrogen and oxygen atoms in total. The van der Waals surface area contributed by atoms with Gasteiger partial charge in [-0.2, -0.15) is 0 Å². The normalized spacial score (nSPS) is 17.4. The third kappa shape index (κ3) is 7.43. The molecular weight excluding hydrogens is 415 g/mol. The van der Waals surface area contributed by atoms with Crippen molar-refractivity contribution in [2.75, 3.05) is 25.4 Å². The van der Waals surface area contributed by atoms with Crippen molar-refractivity contribution < 1.29 is 17.6 Å². The summed E-state index contributed by atoms with van der Waals surface area (Å²) in [7, 11) is -3.36. The average molecular weight is 447 g/mol. The van der Waals surface area contributed by atoms with E-state index in [1.165, 1.54) is 16.4 Å². The van der Waals surface area contributed by atoms with Gasteiger partial charge in [0, 0.05) is 19.6 Å². The summed E-state index contributed by atoms with van der Waals surface area (Å²) in [5.74, 6) is -0.533. The molecule has 0 saturated carbocycles. The minimum atomic E-state index is -3.36. The van der Waals surface area contributed by atoms with E-state index in [0.29, 0.717) is 32.4 Å². The predicted octanol–water partition coefficient (Wildman–Crippen LogP) is 3.55. The summed E-state index contributed by atoms with van der Waals surface area (Å²) < 4.78 is 39.9. The lowest BCUT2D eigenvalue weighted by Crippen LogP contribution is -2.46. The van der Waals surface area contributed by atoms with Gasteiger partial charge < -0.3 is 5.32 Å². The molecule has 0 unspecified atom stereocenters. The molecular formula is C24H31FN2O3S. The molecule has 1 atom stereocenters. The van der Waals surface area contributed by atoms with Crippen molar-refractivity contribution in [2.24, 2.45) is 5.92 Å². The molecule has 0 bridgehead atoms. The summed E-state index contributed by atoms with van der Waals surface area (Å²) in [4.78, 5) is 12.5. The van der Waals surface area contributed by atoms with Crippen LogP contribution in [0.15, 0.2) is 54.6 Å². The summed E-state index contributed by atoms with van der Waals surface area (Å²) in [6, 6.07) is 16.2. The lowest BCUT2D eigenvalue weighted by atomic mass is 9.99. The lowest BCUT2D eigenvalue weighted by Gasteiger charge is -2.31. The van der Waals surface area contributed by atoms with Gasteiger partial charge in [-0.3, -0.25) is 4.79 Å². The molecule has 0 aliphatic carbocycles. The molecule has 0 aromatic heterocycles. The van der Waals surface area contributed by atoms with Crippen LogP contribution in [0.4, 0.5) is 4.39 Å². The van der Waals surface area contributed by atoms with Crippen LogP contribution in [0.1, 0.15) is 36.8 Å². The Kier molecular flexibility index (Phi) is 8.60. The van der Waals surface area contributed by atoms with Gasteiger partial charge in [-0.05, 0) is 61.8 Å². The number of rotatable bonds is 10. The van der Waals surface area contributed by atoms with Crippen LogP contribution in [-0.4, -0.2) is 44.0 Å². The fourth-order valence-corrected chi connectivity index (χ4v) is 5.52. The van der Waals surface area contributed by atoms with Crippen molar-refractivity contribution >= 4 is 15.9 Å². The molecule has 3 rings (SSSR count). The molecule has 2 aromatic carbocycles. The molecule has 0 radical (unpaired) electrons. The van der Waals surface area contributed by atoms with E-state index < -0.39 is 10.0 Å². The van der Waals surface area contributed by atoms with Gasteiger partial charge in [0.25, 0.3) is 0 Å². The molecule has 0 spiro atoms. The van der Waals surface area contributed by atoms with Gasteiger partial charge in [0.2, 0.25) is 15.9 Å². The first kappa shape index (κ1) is 23.4. The Labute approximate surface area is 184 Å². The molecule has 168 valence electrons. The zero-order chi connectivity index (χ0) is 22.1. The van der Waals surface area contributed by atoms with Crippen LogP contribution in [-0.2, 0) is 27.7 Å². The van der Waals surface area contributed by atoms with E-state index in [9.17, 15) is 17.6 Å². The van der Waals surface area contributed by atoms with Gasteiger partial charge in [0.1, 0.15) is 5.82 Å². The van der Waals surface area contributed by atoms with E-state index in [-0.39, 0.29) is 29.9 Å². The second-order valence-electron chi connectivity index (χ2n) is 8.12. The molecule has 1 aliphatic heterocycles. The maximum absolute atomic E-state index is 12.9. The third-order valence-corrected chi connectivity index (χ3v) is 7.64. The van der Waals surface area contributed by atoms with E-state index in [1.54, 1.807) is 12.1 Å². The summed E-state index contributed by atoms with van der Waals surface area (Å²) in [5.41, 5.74) is 2.16. The van der Waals surface area contributed by atoms with Gasteiger partial charge in [-0.1, -0.05) is 42.5 Å². The largest absolute Gasteiger partial charge is 0.356 e. The zero-order valence-corrected chi connectivity index (χ0v) is 18.6. The fraction of sp³-hybridized carbons (Fsp3) is 0.458. The van der Waals surface area contributed by atoms with Crippen molar-refractivity contribution in [3.8, 4) is 0 Å². The zero-order valence-electron chi connectivity index (χ0n) is 17.8. The molecule has 1 aliphatic rings. The highest BCUT2D eigenvalue weighted by Crippen LogP contribution is 2.20. The molecule has 31 heavy (non-hydrogen) atoms. The minimum Gasteiger partial charge on any atom is -0.356 e. The Bertz CT molecular complexity index is 933. The SMILES string of the molecule is O=C(NCCCc1ccc(F)cc1)[C@H]1CCCN(S(=O)(=O)CCCc2ccccc2)C1. The number of sulfonamides is 1. The number of halogens is 1. The van der Waals surface area contributed by atoms with E-state index >= 15 is 0 Å². The van der Waals surface area contributed by atoms with Crippen LogP contribution in [0.2, 0.25) is 0 Å². The van der Waals surface area contributed by atoms with Crippen LogP contribution in [0.25, 0.3) is 0 Å². The van der Waals surface area contributed by atoms with Crippen LogP contribution in [0.3, 0.4) is 0 Å². The number of hydrogen-bond donors (Lipinski definition) is 1. The van der Waals surface area contributed by atoms with E-state index in [0.717, 1.165) is 30.4 Å². The number of aryl methyl sites for hydroxylation is 2. The number of amides is 1. The Morgan fingerprint density at radius 2 is 1.68 bits per heavy atom. The number of nitrogens with one attached hydrogen (secondary N) is 1. The predicted molar refractivity (Wildman–Crippen MR) is 121 cm³/mol. The number of benzene rings is 2. The van der Waals surface area contributed by atoms with Crippen molar-refractivity contribution in [3.05, 3.63) is 71.5 Å². The lowest BCUT2D eigenvalue weighted by molar-refractivity contribution is -0.126. The molecule has 1 N–H and O–H groups in total. The van der Waals surface area contributed by atoms with Crippen molar-refractivity contribution in [3.63, 3.8) is 0 Å². The van der Waals surface area contributed by atoms with Gasteiger partial charge in [0.15, 0.2) is 0 Å². The first-order valence-corrected chi connectivity index (χ1v) is 12.6. The quantitative estimate of drug-likeness (QED) is 0.568. The average Bonchev–Trinajstić information content (AvgIpc) is 2.78. The monoisotopic (exact) mass is 446 g/mol. The summed E-state index contributed by atoms with van der Waals surface area (Å²) in [6.07, 6.45) is 4.22. The van der Waals surface area contributed by atoms with Crippen LogP contribution in [0.5, 0.6) is 0 Å². The third-order valence-electron chi connectivity index (χ3n) is 5.71. The Morgan fingerprint density at radius 3 is 2.42 bits per heavy atom. The first-order chi connectivity index (χ1) is 14.9. The smallest absolute Gasteiger partial charge is 0.224 e. The van der Waals surface area contributed by atoms with Gasteiger partial charge >= 0.3 is 0 Å². The summed E-state index contributed by atoms with van der Waals surface area (Å²) in [5, 5.41) is 2.94. The number of nitrogens with zero attached hydrogens (tertiary/aromatic N) is 1. The first-order valence-electron chi connectivity index (χ1n) is 11.0. The molecule has 7 heteroatoms. The fourth-order valence-electron chi connectivity index (χ4n) is 3.94. The maximum atomic E-state index is 12.9. The number of piperidine rings is 1. The van der Waals surface area contributed by atoms with Crippen LogP contribution < -0.4 is 5.32 Å². The highest BCUT2D eigenvalue weighted by molar-refractivity contribution is 7.89. The van der Waals surface area contributed by atoms with Gasteiger partial charge in [-0.25, -0.2) is 17.1 Å². The second kappa shape index (κ2) is 11.4. The highest BCUT2D eigenvalue weighted by atomic mass is 32.2. The van der Waals surface area contributed by atoms with Crippen LogP contribution >= 0.6 is 0 Å². The Balaban J connectivity index is 1.40. The van der Waals surface area contributed by atoms with Crippen molar-refractivity contribution in [1.82, 2.24) is 9.62 Å². The van der Waals surface area contributed by atoms with Crippen molar-refractivity contribution in [1.29, 1.82) is 0 Å². The van der Waals surface area contributed by atoms with Gasteiger partial charge in [-0.15, -0.1) is 0 Å². The van der Waals surface area contributed by atoms with E-state index in [1.807, 2.05) is 30.3 Å². The highest BCUT2D eigenvalue weighted by Gasteiger charge is 2.31. The minimum absolute atomic E-state index is 0.0803. The summed E-state index contributed by atoms with van der Waals surface area (Å²) in [6.45, 7) is 1.27. The number of carbonyl (C=O) groups excluding carboxylic acids is 1. The van der Waals surface area contributed by atoms with Gasteiger partial charge in [0.05, 0.1) is 11.7 Å². The summed E-state index contributed by atoms with van der Waals surface area (Å²) >= 11 is 0. The molecule has 1 saturated heterocycles. The second-order valence-corrected chi connectivity index (χ2v) is 10.2. The Hall–Kier alpha value is -2.25. The topological polar surface area (TPSA) is 66.5 Å². The van der Waals surface area contributed by atoms with Crippen LogP contribution in [0, 0.1) is 11.7 Å². The number of hydrogen-bond acceptors (Lipinski definition) is 3. The Morgan fingerprint density at radius 1 is 1.00 bits per heavy atom. The number of carbonyl (C=O) groups is 1. The molecule has 1 amide bonds. The maximum Gasteiger partial charge on any atom is 0.224 e. The van der Waals surface area contributed by atoms with E-state index in [2.05, 4.69) is 5.32 Å². The van der Waals surface area contributed by atoms with Crippen molar-refractivity contribution in [2.45, 2.75) is 38.5 Å².